The summed E-state index contributed by atoms with van der Waals surface area (Å²) in [5.74, 6) is 0. The lowest BCUT2D eigenvalue weighted by molar-refractivity contribution is -0.137. The lowest BCUT2D eigenvalue weighted by Gasteiger charge is -2.12. The van der Waals surface area contributed by atoms with Gasteiger partial charge in [-0.15, -0.1) is 0 Å². The molecule has 0 aliphatic rings. The Morgan fingerprint density at radius 3 is 2.04 bits per heavy atom. The molecule has 0 fully saturated rings. The zero-order chi connectivity index (χ0) is 17.5. The van der Waals surface area contributed by atoms with E-state index in [1.54, 1.807) is 18.2 Å². The number of alkyl halides is 3. The zero-order valence-electron chi connectivity index (χ0n) is 12.2. The summed E-state index contributed by atoms with van der Waals surface area (Å²) in [5.41, 5.74) is 3.64. The molecule has 0 aromatic heterocycles. The van der Waals surface area contributed by atoms with Gasteiger partial charge >= 0.3 is 6.18 Å². The average molecular weight is 351 g/mol. The summed E-state index contributed by atoms with van der Waals surface area (Å²) in [6.07, 6.45) is -4.72. The molecule has 0 bridgehead atoms. The molecule has 3 aromatic carbocycles. The van der Waals surface area contributed by atoms with Gasteiger partial charge in [-0.05, 0) is 41.1 Å². The first-order valence-electron chi connectivity index (χ1n) is 6.90. The Morgan fingerprint density at radius 1 is 0.792 bits per heavy atom. The molecule has 0 amide bonds. The van der Waals surface area contributed by atoms with Crippen LogP contribution in [-0.2, 0) is 16.0 Å². The van der Waals surface area contributed by atoms with Crippen molar-refractivity contribution < 1.29 is 21.6 Å². The number of hydrogen-bond donors (Lipinski definition) is 1. The number of nitrogens with two attached hydrogens (primary N) is 1. The Morgan fingerprint density at radius 2 is 1.38 bits per heavy atom. The molecule has 3 rings (SSSR count). The second-order valence-corrected chi connectivity index (χ2v) is 7.21. The fourth-order valence-electron chi connectivity index (χ4n) is 2.42. The summed E-state index contributed by atoms with van der Waals surface area (Å²) in [7, 11) is -4.09. The standard InChI is InChI=1S/C17H12F3NO2S/c18-17(19,20)15-10-14(7-8-16(15)21)24(22,23)13-6-5-11-3-1-2-4-12(11)9-13/h1-10H,21H2. The molecule has 3 aromatic rings. The molecule has 0 aliphatic heterocycles. The second kappa shape index (κ2) is 5.52. The molecule has 3 nitrogen and oxygen atoms in total. The Hall–Kier alpha value is -2.54. The van der Waals surface area contributed by atoms with E-state index in [1.807, 2.05) is 12.1 Å². The van der Waals surface area contributed by atoms with Crippen molar-refractivity contribution in [3.8, 4) is 0 Å². The third-order valence-electron chi connectivity index (χ3n) is 3.67. The second-order valence-electron chi connectivity index (χ2n) is 5.26. The molecule has 0 heterocycles. The van der Waals surface area contributed by atoms with E-state index in [0.29, 0.717) is 11.5 Å². The highest BCUT2D eigenvalue weighted by Crippen LogP contribution is 2.36. The predicted octanol–water partition coefficient (Wildman–Crippen LogP) is 4.27. The minimum Gasteiger partial charge on any atom is -0.398 e. The number of hydrogen-bond acceptors (Lipinski definition) is 3. The average Bonchev–Trinajstić information content (AvgIpc) is 2.53. The highest BCUT2D eigenvalue weighted by atomic mass is 32.2. The smallest absolute Gasteiger partial charge is 0.398 e. The van der Waals surface area contributed by atoms with Crippen LogP contribution in [0.15, 0.2) is 70.5 Å². The number of rotatable bonds is 2. The maximum Gasteiger partial charge on any atom is 0.418 e. The predicted molar refractivity (Wildman–Crippen MR) is 85.3 cm³/mol. The molecule has 24 heavy (non-hydrogen) atoms. The van der Waals surface area contributed by atoms with E-state index in [0.717, 1.165) is 17.5 Å². The van der Waals surface area contributed by atoms with Crippen molar-refractivity contribution >= 4 is 26.3 Å². The van der Waals surface area contributed by atoms with Crippen LogP contribution in [0.5, 0.6) is 0 Å². The van der Waals surface area contributed by atoms with E-state index in [1.165, 1.54) is 12.1 Å². The minimum atomic E-state index is -4.72. The van der Waals surface area contributed by atoms with E-state index in [2.05, 4.69) is 0 Å². The van der Waals surface area contributed by atoms with Gasteiger partial charge in [-0.2, -0.15) is 13.2 Å². The molecule has 0 radical (unpaired) electrons. The monoisotopic (exact) mass is 351 g/mol. The number of halogens is 3. The molecule has 0 spiro atoms. The van der Waals surface area contributed by atoms with Crippen LogP contribution in [-0.4, -0.2) is 8.42 Å². The number of fused-ring (bicyclic) bond motifs is 1. The minimum absolute atomic E-state index is 0.0703. The third kappa shape index (κ3) is 2.82. The molecule has 0 saturated carbocycles. The fraction of sp³-hybridized carbons (Fsp3) is 0.0588. The molecule has 0 atom stereocenters. The van der Waals surface area contributed by atoms with Gasteiger partial charge in [-0.3, -0.25) is 0 Å². The summed E-state index contributed by atoms with van der Waals surface area (Å²) >= 11 is 0. The maximum atomic E-state index is 13.0. The van der Waals surface area contributed by atoms with Crippen LogP contribution in [0.3, 0.4) is 0 Å². The van der Waals surface area contributed by atoms with Crippen molar-refractivity contribution in [2.45, 2.75) is 16.0 Å². The summed E-state index contributed by atoms with van der Waals surface area (Å²) in [6.45, 7) is 0. The van der Waals surface area contributed by atoms with Crippen LogP contribution < -0.4 is 5.73 Å². The van der Waals surface area contributed by atoms with Crippen LogP contribution in [0, 0.1) is 0 Å². The zero-order valence-corrected chi connectivity index (χ0v) is 13.0. The quantitative estimate of drug-likeness (QED) is 0.701. The Kier molecular flexibility index (Phi) is 3.76. The van der Waals surface area contributed by atoms with E-state index in [-0.39, 0.29) is 4.90 Å². The first-order valence-corrected chi connectivity index (χ1v) is 8.38. The number of anilines is 1. The van der Waals surface area contributed by atoms with E-state index >= 15 is 0 Å². The Balaban J connectivity index is 2.16. The van der Waals surface area contributed by atoms with E-state index in [9.17, 15) is 21.6 Å². The van der Waals surface area contributed by atoms with Crippen molar-refractivity contribution in [1.29, 1.82) is 0 Å². The summed E-state index contributed by atoms with van der Waals surface area (Å²) < 4.78 is 64.2. The van der Waals surface area contributed by atoms with Gasteiger partial charge < -0.3 is 5.73 Å². The molecule has 0 aliphatic carbocycles. The van der Waals surface area contributed by atoms with Gasteiger partial charge in [0.15, 0.2) is 0 Å². The van der Waals surface area contributed by atoms with Crippen molar-refractivity contribution in [1.82, 2.24) is 0 Å². The first kappa shape index (κ1) is 16.3. The van der Waals surface area contributed by atoms with Gasteiger partial charge in [0, 0.05) is 5.69 Å². The van der Waals surface area contributed by atoms with Crippen molar-refractivity contribution in [2.24, 2.45) is 0 Å². The molecule has 124 valence electrons. The summed E-state index contributed by atoms with van der Waals surface area (Å²) in [4.78, 5) is -0.515. The third-order valence-corrected chi connectivity index (χ3v) is 5.42. The molecule has 7 heteroatoms. The van der Waals surface area contributed by atoms with Crippen molar-refractivity contribution in [2.75, 3.05) is 5.73 Å². The first-order chi connectivity index (χ1) is 11.2. The molecular weight excluding hydrogens is 339 g/mol. The Labute approximate surface area is 136 Å². The highest BCUT2D eigenvalue weighted by Gasteiger charge is 2.34. The van der Waals surface area contributed by atoms with Crippen LogP contribution in [0.1, 0.15) is 5.56 Å². The Bertz CT molecular complexity index is 1030. The van der Waals surface area contributed by atoms with Gasteiger partial charge in [-0.1, -0.05) is 30.3 Å². The largest absolute Gasteiger partial charge is 0.418 e. The van der Waals surface area contributed by atoms with Gasteiger partial charge in [0.25, 0.3) is 0 Å². The molecule has 2 N–H and O–H groups in total. The number of nitrogen functional groups attached to an aromatic ring is 1. The van der Waals surface area contributed by atoms with Crippen LogP contribution in [0.2, 0.25) is 0 Å². The van der Waals surface area contributed by atoms with Gasteiger partial charge in [-0.25, -0.2) is 8.42 Å². The van der Waals surface area contributed by atoms with Gasteiger partial charge in [0.1, 0.15) is 0 Å². The van der Waals surface area contributed by atoms with E-state index < -0.39 is 32.2 Å². The normalized spacial score (nSPS) is 12.5. The highest BCUT2D eigenvalue weighted by molar-refractivity contribution is 7.91. The van der Waals surface area contributed by atoms with Crippen LogP contribution in [0.25, 0.3) is 10.8 Å². The molecule has 0 unspecified atom stereocenters. The van der Waals surface area contributed by atoms with Crippen LogP contribution in [0.4, 0.5) is 18.9 Å². The SMILES string of the molecule is Nc1ccc(S(=O)(=O)c2ccc3ccccc3c2)cc1C(F)(F)F. The number of benzene rings is 3. The topological polar surface area (TPSA) is 60.2 Å². The lowest BCUT2D eigenvalue weighted by atomic mass is 10.1. The van der Waals surface area contributed by atoms with Gasteiger partial charge in [0.2, 0.25) is 9.84 Å². The van der Waals surface area contributed by atoms with Gasteiger partial charge in [0.05, 0.1) is 15.4 Å². The molecule has 0 saturated heterocycles. The van der Waals surface area contributed by atoms with Crippen molar-refractivity contribution in [3.05, 3.63) is 66.2 Å². The van der Waals surface area contributed by atoms with E-state index in [4.69, 9.17) is 5.73 Å². The maximum absolute atomic E-state index is 13.0. The van der Waals surface area contributed by atoms with Crippen molar-refractivity contribution in [3.63, 3.8) is 0 Å². The summed E-state index contributed by atoms with van der Waals surface area (Å²) in [5, 5.41) is 1.52. The lowest BCUT2D eigenvalue weighted by Crippen LogP contribution is -2.11. The molecular formula is C17H12F3NO2S. The number of sulfone groups is 1. The van der Waals surface area contributed by atoms with Crippen LogP contribution >= 0.6 is 0 Å². The summed E-state index contributed by atoms with van der Waals surface area (Å²) in [6, 6.07) is 14.1. The fourth-order valence-corrected chi connectivity index (χ4v) is 3.74.